The maximum absolute atomic E-state index is 12.1. The average molecular weight is 280 g/mol. The van der Waals surface area contributed by atoms with E-state index in [4.69, 9.17) is 10.5 Å². The zero-order valence-electron chi connectivity index (χ0n) is 12.4. The lowest BCUT2D eigenvalue weighted by Gasteiger charge is -2.24. The molecule has 0 aliphatic rings. The van der Waals surface area contributed by atoms with Crippen LogP contribution in [0.4, 0.5) is 0 Å². The largest absolute Gasteiger partial charge is 0.507 e. The summed E-state index contributed by atoms with van der Waals surface area (Å²) in [5.74, 6) is 0.181. The fourth-order valence-corrected chi connectivity index (χ4v) is 1.91. The predicted molar refractivity (Wildman–Crippen MR) is 79.1 cm³/mol. The predicted octanol–water partition coefficient (Wildman–Crippen LogP) is 1.90. The number of ether oxygens (including phenoxy) is 1. The quantitative estimate of drug-likeness (QED) is 0.712. The molecule has 20 heavy (non-hydrogen) atoms. The third-order valence-electron chi connectivity index (χ3n) is 3.23. The zero-order valence-corrected chi connectivity index (χ0v) is 12.4. The number of phenols is 1. The lowest BCUT2D eigenvalue weighted by atomic mass is 9.87. The Morgan fingerprint density at radius 2 is 2.15 bits per heavy atom. The van der Waals surface area contributed by atoms with Crippen molar-refractivity contribution in [3.8, 4) is 11.5 Å². The molecule has 1 rings (SSSR count). The van der Waals surface area contributed by atoms with E-state index in [2.05, 4.69) is 19.2 Å². The molecule has 0 unspecified atom stereocenters. The normalized spacial score (nSPS) is 11.2. The highest BCUT2D eigenvalue weighted by atomic mass is 16.5. The first-order valence-electron chi connectivity index (χ1n) is 6.75. The Balaban J connectivity index is 2.67. The van der Waals surface area contributed by atoms with Gasteiger partial charge in [-0.25, -0.2) is 0 Å². The van der Waals surface area contributed by atoms with Crippen molar-refractivity contribution in [3.63, 3.8) is 0 Å². The number of rotatable bonds is 7. The molecule has 112 valence electrons. The summed E-state index contributed by atoms with van der Waals surface area (Å²) in [6, 6.07) is 4.59. The number of carbonyl (C=O) groups is 1. The molecule has 0 fully saturated rings. The number of nitrogens with two attached hydrogens (primary N) is 1. The number of hydrogen-bond donors (Lipinski definition) is 3. The molecule has 4 N–H and O–H groups in total. The van der Waals surface area contributed by atoms with Gasteiger partial charge in [-0.3, -0.25) is 4.79 Å². The second-order valence-corrected chi connectivity index (χ2v) is 5.62. The molecule has 1 amide bonds. The van der Waals surface area contributed by atoms with Gasteiger partial charge in [0.1, 0.15) is 11.5 Å². The van der Waals surface area contributed by atoms with Crippen molar-refractivity contribution in [1.82, 2.24) is 5.32 Å². The van der Waals surface area contributed by atoms with Crippen LogP contribution in [0.1, 0.15) is 37.0 Å². The van der Waals surface area contributed by atoms with E-state index in [0.717, 1.165) is 12.8 Å². The summed E-state index contributed by atoms with van der Waals surface area (Å²) in [4.78, 5) is 12.1. The highest BCUT2D eigenvalue weighted by Gasteiger charge is 2.20. The van der Waals surface area contributed by atoms with Gasteiger partial charge in [-0.2, -0.15) is 0 Å². The molecule has 0 spiro atoms. The standard InChI is InChI=1S/C15H24N2O3/c1-15(2,7-4-8-16)10-17-14(19)12-9-11(20-3)5-6-13(12)18/h5-6,9,18H,4,7-8,10,16H2,1-3H3,(H,17,19). The number of carbonyl (C=O) groups excluding carboxylic acids is 1. The Labute approximate surface area is 120 Å². The van der Waals surface area contributed by atoms with Crippen LogP contribution < -0.4 is 15.8 Å². The minimum absolute atomic E-state index is 0.0243. The summed E-state index contributed by atoms with van der Waals surface area (Å²) in [5, 5.41) is 12.6. The summed E-state index contributed by atoms with van der Waals surface area (Å²) < 4.78 is 5.05. The molecule has 0 aromatic heterocycles. The van der Waals surface area contributed by atoms with Gasteiger partial charge in [0.2, 0.25) is 0 Å². The van der Waals surface area contributed by atoms with E-state index in [1.165, 1.54) is 19.2 Å². The molecular weight excluding hydrogens is 256 g/mol. The van der Waals surface area contributed by atoms with Crippen LogP contribution in [0.5, 0.6) is 11.5 Å². The van der Waals surface area contributed by atoms with Crippen LogP contribution in [0.15, 0.2) is 18.2 Å². The first-order chi connectivity index (χ1) is 9.39. The number of benzene rings is 1. The van der Waals surface area contributed by atoms with Crippen LogP contribution in [0, 0.1) is 5.41 Å². The van der Waals surface area contributed by atoms with Crippen LogP contribution in [-0.2, 0) is 0 Å². The maximum atomic E-state index is 12.1. The number of amides is 1. The van der Waals surface area contributed by atoms with Gasteiger partial charge in [-0.05, 0) is 43.0 Å². The van der Waals surface area contributed by atoms with Crippen molar-refractivity contribution >= 4 is 5.91 Å². The molecule has 1 aromatic rings. The Kier molecular flexibility index (Phi) is 5.82. The van der Waals surface area contributed by atoms with E-state index in [-0.39, 0.29) is 22.6 Å². The smallest absolute Gasteiger partial charge is 0.255 e. The van der Waals surface area contributed by atoms with E-state index in [1.54, 1.807) is 6.07 Å². The van der Waals surface area contributed by atoms with Crippen molar-refractivity contribution in [2.45, 2.75) is 26.7 Å². The summed E-state index contributed by atoms with van der Waals surface area (Å²) in [6.07, 6.45) is 1.86. The highest BCUT2D eigenvalue weighted by Crippen LogP contribution is 2.24. The van der Waals surface area contributed by atoms with Crippen molar-refractivity contribution < 1.29 is 14.6 Å². The molecule has 0 bridgehead atoms. The van der Waals surface area contributed by atoms with Crippen LogP contribution >= 0.6 is 0 Å². The molecule has 5 heteroatoms. The number of nitrogens with one attached hydrogen (secondary N) is 1. The summed E-state index contributed by atoms with van der Waals surface area (Å²) in [5.41, 5.74) is 5.70. The monoisotopic (exact) mass is 280 g/mol. The Hall–Kier alpha value is -1.75. The van der Waals surface area contributed by atoms with Crippen LogP contribution in [0.2, 0.25) is 0 Å². The fraction of sp³-hybridized carbons (Fsp3) is 0.533. The van der Waals surface area contributed by atoms with Gasteiger partial charge in [-0.15, -0.1) is 0 Å². The minimum atomic E-state index is -0.303. The van der Waals surface area contributed by atoms with Crippen LogP contribution in [0.25, 0.3) is 0 Å². The van der Waals surface area contributed by atoms with Gasteiger partial charge in [-0.1, -0.05) is 13.8 Å². The molecule has 5 nitrogen and oxygen atoms in total. The van der Waals surface area contributed by atoms with Crippen LogP contribution in [0.3, 0.4) is 0 Å². The van der Waals surface area contributed by atoms with E-state index in [9.17, 15) is 9.90 Å². The molecule has 0 atom stereocenters. The molecule has 0 saturated heterocycles. The van der Waals surface area contributed by atoms with E-state index < -0.39 is 0 Å². The topological polar surface area (TPSA) is 84.6 Å². The van der Waals surface area contributed by atoms with E-state index >= 15 is 0 Å². The second-order valence-electron chi connectivity index (χ2n) is 5.62. The molecule has 0 aliphatic heterocycles. The SMILES string of the molecule is COc1ccc(O)c(C(=O)NCC(C)(C)CCCN)c1. The number of hydrogen-bond acceptors (Lipinski definition) is 4. The lowest BCUT2D eigenvalue weighted by molar-refractivity contribution is 0.0931. The molecule has 0 radical (unpaired) electrons. The van der Waals surface area contributed by atoms with E-state index in [1.807, 2.05) is 0 Å². The maximum Gasteiger partial charge on any atom is 0.255 e. The molecular formula is C15H24N2O3. The van der Waals surface area contributed by atoms with Gasteiger partial charge in [0.05, 0.1) is 12.7 Å². The van der Waals surface area contributed by atoms with Crippen molar-refractivity contribution in [2.24, 2.45) is 11.1 Å². The van der Waals surface area contributed by atoms with Gasteiger partial charge < -0.3 is 20.9 Å². The molecule has 1 aromatic carbocycles. The Morgan fingerprint density at radius 1 is 1.45 bits per heavy atom. The summed E-state index contributed by atoms with van der Waals surface area (Å²) >= 11 is 0. The Morgan fingerprint density at radius 3 is 2.75 bits per heavy atom. The van der Waals surface area contributed by atoms with Crippen LogP contribution in [-0.4, -0.2) is 31.2 Å². The molecule has 0 saturated carbocycles. The van der Waals surface area contributed by atoms with Gasteiger partial charge in [0.25, 0.3) is 5.91 Å². The summed E-state index contributed by atoms with van der Waals surface area (Å²) in [6.45, 7) is 5.33. The zero-order chi connectivity index (χ0) is 15.2. The first kappa shape index (κ1) is 16.3. The number of aromatic hydroxyl groups is 1. The number of phenolic OH excluding ortho intramolecular Hbond substituents is 1. The van der Waals surface area contributed by atoms with Gasteiger partial charge in [0.15, 0.2) is 0 Å². The number of methoxy groups -OCH3 is 1. The van der Waals surface area contributed by atoms with Gasteiger partial charge in [0, 0.05) is 6.54 Å². The third-order valence-corrected chi connectivity index (χ3v) is 3.23. The molecule has 0 heterocycles. The van der Waals surface area contributed by atoms with Crippen molar-refractivity contribution in [3.05, 3.63) is 23.8 Å². The Bertz CT molecular complexity index is 458. The van der Waals surface area contributed by atoms with Crippen molar-refractivity contribution in [2.75, 3.05) is 20.2 Å². The lowest BCUT2D eigenvalue weighted by Crippen LogP contribution is -2.34. The summed E-state index contributed by atoms with van der Waals surface area (Å²) in [7, 11) is 1.52. The minimum Gasteiger partial charge on any atom is -0.507 e. The molecule has 0 aliphatic carbocycles. The highest BCUT2D eigenvalue weighted by molar-refractivity contribution is 5.97. The first-order valence-corrected chi connectivity index (χ1v) is 6.75. The third kappa shape index (κ3) is 4.74. The fourth-order valence-electron chi connectivity index (χ4n) is 1.91. The van der Waals surface area contributed by atoms with E-state index in [0.29, 0.717) is 18.8 Å². The van der Waals surface area contributed by atoms with Crippen molar-refractivity contribution in [1.29, 1.82) is 0 Å². The second kappa shape index (κ2) is 7.14. The average Bonchev–Trinajstić information content (AvgIpc) is 2.43. The van der Waals surface area contributed by atoms with Gasteiger partial charge >= 0.3 is 0 Å².